The second-order valence-corrected chi connectivity index (χ2v) is 5.87. The Balaban J connectivity index is 4.17. The first-order valence-corrected chi connectivity index (χ1v) is 7.08. The van der Waals surface area contributed by atoms with Gasteiger partial charge in [0.1, 0.15) is 5.25 Å². The molecule has 0 aromatic heterocycles. The molecule has 2 atom stereocenters. The van der Waals surface area contributed by atoms with Crippen molar-refractivity contribution in [3.8, 4) is 0 Å². The third kappa shape index (κ3) is 8.50. The molecule has 0 aromatic carbocycles. The van der Waals surface area contributed by atoms with Gasteiger partial charge in [-0.25, -0.2) is 0 Å². The summed E-state index contributed by atoms with van der Waals surface area (Å²) < 4.78 is 41.4. The number of rotatable bonds is 9. The van der Waals surface area contributed by atoms with E-state index in [1.165, 1.54) is 0 Å². The number of hydrogen-bond donors (Lipinski definition) is 2. The fraction of sp³-hybridized carbons (Fsp3) is 1.00. The maximum Gasteiger partial charge on any atom is 0.270 e. The Morgan fingerprint density at radius 2 is 1.76 bits per heavy atom. The van der Waals surface area contributed by atoms with Gasteiger partial charge in [-0.3, -0.25) is 4.55 Å². The third-order valence-electron chi connectivity index (χ3n) is 2.14. The van der Waals surface area contributed by atoms with Crippen LogP contribution in [0.4, 0.5) is 0 Å². The van der Waals surface area contributed by atoms with Crippen molar-refractivity contribution in [1.29, 1.82) is 0 Å². The van der Waals surface area contributed by atoms with E-state index in [0.717, 1.165) is 0 Å². The average Bonchev–Trinajstić information content (AvgIpc) is 2.20. The minimum atomic E-state index is -4.15. The normalized spacial score (nSPS) is 16.1. The summed E-state index contributed by atoms with van der Waals surface area (Å²) in [4.78, 5) is 0. The molecule has 2 N–H and O–H groups in total. The number of aliphatic hydroxyl groups is 1. The Labute approximate surface area is 103 Å². The molecule has 7 heteroatoms. The van der Waals surface area contributed by atoms with E-state index in [1.807, 2.05) is 13.8 Å². The lowest BCUT2D eigenvalue weighted by molar-refractivity contribution is 0.0175. The van der Waals surface area contributed by atoms with Crippen molar-refractivity contribution in [2.75, 3.05) is 19.8 Å². The van der Waals surface area contributed by atoms with Crippen molar-refractivity contribution in [3.05, 3.63) is 0 Å². The van der Waals surface area contributed by atoms with Crippen LogP contribution >= 0.6 is 0 Å². The molecule has 0 fully saturated rings. The molecule has 0 saturated heterocycles. The Bertz CT molecular complexity index is 287. The largest absolute Gasteiger partial charge is 0.394 e. The van der Waals surface area contributed by atoms with E-state index in [0.29, 0.717) is 0 Å². The van der Waals surface area contributed by atoms with Crippen molar-refractivity contribution in [2.24, 2.45) is 0 Å². The molecule has 6 nitrogen and oxygen atoms in total. The van der Waals surface area contributed by atoms with Crippen LogP contribution in [-0.2, 0) is 19.6 Å². The summed E-state index contributed by atoms with van der Waals surface area (Å²) >= 11 is 0. The summed E-state index contributed by atoms with van der Waals surface area (Å²) in [6.07, 6.45) is -0.283. The highest BCUT2D eigenvalue weighted by atomic mass is 32.2. The van der Waals surface area contributed by atoms with Gasteiger partial charge in [0.2, 0.25) is 0 Å². The maximum absolute atomic E-state index is 11.1. The van der Waals surface area contributed by atoms with Crippen molar-refractivity contribution < 1.29 is 27.6 Å². The zero-order valence-corrected chi connectivity index (χ0v) is 11.3. The summed E-state index contributed by atoms with van der Waals surface area (Å²) in [5.41, 5.74) is 0. The van der Waals surface area contributed by atoms with Gasteiger partial charge >= 0.3 is 0 Å². The van der Waals surface area contributed by atoms with Crippen LogP contribution in [0.3, 0.4) is 0 Å². The van der Waals surface area contributed by atoms with Crippen LogP contribution in [0.25, 0.3) is 0 Å². The monoisotopic (exact) mass is 270 g/mol. The van der Waals surface area contributed by atoms with E-state index in [-0.39, 0.29) is 32.3 Å². The highest BCUT2D eigenvalue weighted by Gasteiger charge is 2.24. The Morgan fingerprint density at radius 1 is 1.18 bits per heavy atom. The molecule has 0 aliphatic carbocycles. The molecule has 0 aliphatic rings. The van der Waals surface area contributed by atoms with Crippen LogP contribution < -0.4 is 0 Å². The molecule has 0 aromatic rings. The molecule has 0 bridgehead atoms. The first-order valence-electron chi connectivity index (χ1n) is 5.57. The van der Waals surface area contributed by atoms with Crippen LogP contribution in [0.5, 0.6) is 0 Å². The van der Waals surface area contributed by atoms with Gasteiger partial charge in [0.15, 0.2) is 0 Å². The lowest BCUT2D eigenvalue weighted by Gasteiger charge is -2.17. The molecular weight excluding hydrogens is 248 g/mol. The van der Waals surface area contributed by atoms with E-state index in [4.69, 9.17) is 19.1 Å². The molecule has 0 radical (unpaired) electrons. The van der Waals surface area contributed by atoms with E-state index in [9.17, 15) is 8.42 Å². The topological polar surface area (TPSA) is 93.1 Å². The molecule has 0 heterocycles. The van der Waals surface area contributed by atoms with Gasteiger partial charge in [-0.2, -0.15) is 8.42 Å². The average molecular weight is 270 g/mol. The van der Waals surface area contributed by atoms with Gasteiger partial charge in [-0.1, -0.05) is 0 Å². The lowest BCUT2D eigenvalue weighted by atomic mass is 10.3. The van der Waals surface area contributed by atoms with Gasteiger partial charge in [0.05, 0.1) is 25.4 Å². The molecule has 0 amide bonds. The van der Waals surface area contributed by atoms with Crippen LogP contribution in [0.2, 0.25) is 0 Å². The standard InChI is InChI=1S/C10H22O6S/c1-8(2)15-5-4-10(17(12,13)14)7-16-9(3)6-11/h8-11H,4-7H2,1-3H3,(H,12,13,14). The third-order valence-corrected chi connectivity index (χ3v) is 3.35. The highest BCUT2D eigenvalue weighted by Crippen LogP contribution is 2.08. The molecule has 0 saturated carbocycles. The van der Waals surface area contributed by atoms with Crippen molar-refractivity contribution in [2.45, 2.75) is 44.6 Å². The zero-order valence-electron chi connectivity index (χ0n) is 10.5. The maximum atomic E-state index is 11.1. The van der Waals surface area contributed by atoms with E-state index in [2.05, 4.69) is 0 Å². The van der Waals surface area contributed by atoms with Crippen molar-refractivity contribution >= 4 is 10.1 Å². The van der Waals surface area contributed by atoms with E-state index in [1.54, 1.807) is 6.92 Å². The van der Waals surface area contributed by atoms with E-state index < -0.39 is 21.5 Å². The predicted molar refractivity (Wildman–Crippen MR) is 63.5 cm³/mol. The Kier molecular flexibility index (Phi) is 7.89. The molecule has 104 valence electrons. The first-order chi connectivity index (χ1) is 7.77. The fourth-order valence-electron chi connectivity index (χ4n) is 1.08. The summed E-state index contributed by atoms with van der Waals surface area (Å²) in [7, 11) is -4.15. The summed E-state index contributed by atoms with van der Waals surface area (Å²) in [5, 5.41) is 7.72. The van der Waals surface area contributed by atoms with Gasteiger partial charge < -0.3 is 14.6 Å². The molecule has 2 unspecified atom stereocenters. The zero-order chi connectivity index (χ0) is 13.5. The molecule has 0 rings (SSSR count). The van der Waals surface area contributed by atoms with Gasteiger partial charge in [-0.15, -0.1) is 0 Å². The lowest BCUT2D eigenvalue weighted by Crippen LogP contribution is -2.30. The molecular formula is C10H22O6S. The summed E-state index contributed by atoms with van der Waals surface area (Å²) in [6.45, 7) is 5.19. The van der Waals surface area contributed by atoms with E-state index >= 15 is 0 Å². The molecule has 17 heavy (non-hydrogen) atoms. The predicted octanol–water partition coefficient (Wildman–Crippen LogP) is 0.455. The molecule has 0 aliphatic heterocycles. The minimum Gasteiger partial charge on any atom is -0.394 e. The van der Waals surface area contributed by atoms with Crippen molar-refractivity contribution in [1.82, 2.24) is 0 Å². The van der Waals surface area contributed by atoms with Crippen LogP contribution in [0.15, 0.2) is 0 Å². The smallest absolute Gasteiger partial charge is 0.270 e. The molecule has 0 spiro atoms. The quantitative estimate of drug-likeness (QED) is 0.591. The minimum absolute atomic E-state index is 0.00864. The van der Waals surface area contributed by atoms with Gasteiger partial charge in [0, 0.05) is 6.61 Å². The van der Waals surface area contributed by atoms with Crippen molar-refractivity contribution in [3.63, 3.8) is 0 Å². The Morgan fingerprint density at radius 3 is 2.18 bits per heavy atom. The Hall–Kier alpha value is -0.210. The summed E-state index contributed by atoms with van der Waals surface area (Å²) in [6, 6.07) is 0. The SMILES string of the molecule is CC(C)OCCC(COC(C)CO)S(=O)(=O)O. The van der Waals surface area contributed by atoms with Gasteiger partial charge in [0.25, 0.3) is 10.1 Å². The highest BCUT2D eigenvalue weighted by molar-refractivity contribution is 7.86. The van der Waals surface area contributed by atoms with Crippen LogP contribution in [0, 0.1) is 0 Å². The first kappa shape index (κ1) is 16.8. The number of ether oxygens (including phenoxy) is 2. The number of hydrogen-bond acceptors (Lipinski definition) is 5. The summed E-state index contributed by atoms with van der Waals surface area (Å²) in [5.74, 6) is 0. The van der Waals surface area contributed by atoms with Crippen LogP contribution in [-0.4, -0.2) is 55.4 Å². The van der Waals surface area contributed by atoms with Crippen LogP contribution in [0.1, 0.15) is 27.2 Å². The second kappa shape index (κ2) is 7.99. The number of aliphatic hydroxyl groups excluding tert-OH is 1. The fourth-order valence-corrected chi connectivity index (χ4v) is 1.72. The second-order valence-electron chi connectivity index (χ2n) is 4.17. The van der Waals surface area contributed by atoms with Gasteiger partial charge in [-0.05, 0) is 27.2 Å².